The average Bonchev–Trinajstić information content (AvgIpc) is 3.15. The molecule has 0 spiro atoms. The van der Waals surface area contributed by atoms with Crippen LogP contribution in [-0.4, -0.2) is 44.8 Å². The number of likely N-dealkylation sites (tertiary alicyclic amines) is 1. The van der Waals surface area contributed by atoms with Crippen LogP contribution in [0.4, 0.5) is 10.1 Å². The Labute approximate surface area is 143 Å². The number of aromatic nitrogens is 3. The summed E-state index contributed by atoms with van der Waals surface area (Å²) in [6.07, 6.45) is 5.86. The van der Waals surface area contributed by atoms with Gasteiger partial charge in [-0.05, 0) is 37.0 Å². The summed E-state index contributed by atoms with van der Waals surface area (Å²) >= 11 is 0. The lowest BCUT2D eigenvalue weighted by molar-refractivity contribution is -0.116. The number of hydrogen-bond donors (Lipinski definition) is 1. The number of benzene rings is 1. The average molecular weight is 343 g/mol. The van der Waals surface area contributed by atoms with Crippen molar-refractivity contribution >= 4 is 17.5 Å². The molecule has 1 aromatic heterocycles. The van der Waals surface area contributed by atoms with Gasteiger partial charge in [0.1, 0.15) is 5.82 Å². The smallest absolute Gasteiger partial charge is 0.256 e. The number of carbonyl (C=O) groups is 2. The number of fused-ring (bicyclic) bond motifs is 1. The second-order valence-corrected chi connectivity index (χ2v) is 6.44. The van der Waals surface area contributed by atoms with Crippen LogP contribution in [-0.2, 0) is 11.2 Å². The Balaban J connectivity index is 1.49. The summed E-state index contributed by atoms with van der Waals surface area (Å²) in [6, 6.07) is 3.05. The molecule has 1 fully saturated rings. The lowest BCUT2D eigenvalue weighted by Gasteiger charge is -2.32. The van der Waals surface area contributed by atoms with Gasteiger partial charge in [0.05, 0.1) is 17.8 Å². The first-order valence-corrected chi connectivity index (χ1v) is 8.39. The Bertz CT molecular complexity index is 813. The first kappa shape index (κ1) is 15.7. The fraction of sp³-hybridized carbons (Fsp3) is 0.412. The fourth-order valence-electron chi connectivity index (χ4n) is 3.48. The summed E-state index contributed by atoms with van der Waals surface area (Å²) in [4.78, 5) is 25.8. The predicted molar refractivity (Wildman–Crippen MR) is 87.5 cm³/mol. The fourth-order valence-corrected chi connectivity index (χ4v) is 3.48. The number of hydrogen-bond acceptors (Lipinski definition) is 4. The third kappa shape index (κ3) is 2.99. The van der Waals surface area contributed by atoms with Crippen LogP contribution in [0.3, 0.4) is 0 Å². The minimum atomic E-state index is -0.593. The van der Waals surface area contributed by atoms with E-state index in [1.165, 1.54) is 6.07 Å². The van der Waals surface area contributed by atoms with Crippen LogP contribution in [0.5, 0.6) is 0 Å². The molecule has 130 valence electrons. The lowest BCUT2D eigenvalue weighted by atomic mass is 9.98. The van der Waals surface area contributed by atoms with Crippen LogP contribution < -0.4 is 5.32 Å². The van der Waals surface area contributed by atoms with Gasteiger partial charge in [-0.1, -0.05) is 5.21 Å². The zero-order chi connectivity index (χ0) is 17.4. The number of nitrogens with zero attached hydrogens (tertiary/aromatic N) is 4. The molecule has 0 radical (unpaired) electrons. The highest BCUT2D eigenvalue weighted by Gasteiger charge is 2.28. The molecule has 4 rings (SSSR count). The third-order valence-corrected chi connectivity index (χ3v) is 4.89. The summed E-state index contributed by atoms with van der Waals surface area (Å²) in [5.41, 5.74) is 1.35. The number of nitrogens with one attached hydrogen (secondary N) is 1. The number of anilines is 1. The second-order valence-electron chi connectivity index (χ2n) is 6.44. The lowest BCUT2D eigenvalue weighted by Crippen LogP contribution is -2.39. The van der Waals surface area contributed by atoms with Crippen molar-refractivity contribution in [3.8, 4) is 0 Å². The van der Waals surface area contributed by atoms with Crippen molar-refractivity contribution in [3.63, 3.8) is 0 Å². The maximum atomic E-state index is 14.4. The molecule has 0 bridgehead atoms. The molecule has 0 atom stereocenters. The standard InChI is InChI=1S/C17H18FN5O2/c18-14-10-15-11(1-2-16(24)20-15)9-13(14)17(25)22-6-3-12(4-7-22)23-8-5-19-21-23/h5,8-10,12H,1-4,6-7H2,(H,20,24). The van der Waals surface area contributed by atoms with Gasteiger partial charge in [-0.2, -0.15) is 0 Å². The van der Waals surface area contributed by atoms with Gasteiger partial charge < -0.3 is 10.2 Å². The monoisotopic (exact) mass is 343 g/mol. The maximum Gasteiger partial charge on any atom is 0.256 e. The van der Waals surface area contributed by atoms with E-state index in [1.54, 1.807) is 17.2 Å². The summed E-state index contributed by atoms with van der Waals surface area (Å²) in [5.74, 6) is -1.01. The molecular weight excluding hydrogens is 325 g/mol. The molecule has 1 saturated heterocycles. The minimum absolute atomic E-state index is 0.0779. The Morgan fingerprint density at radius 1 is 1.24 bits per heavy atom. The van der Waals surface area contributed by atoms with Crippen LogP contribution in [0.15, 0.2) is 24.5 Å². The molecule has 2 aliphatic heterocycles. The van der Waals surface area contributed by atoms with Crippen LogP contribution in [0.1, 0.15) is 41.2 Å². The van der Waals surface area contributed by atoms with Crippen LogP contribution in [0.2, 0.25) is 0 Å². The Morgan fingerprint density at radius 2 is 2.04 bits per heavy atom. The molecule has 2 aliphatic rings. The van der Waals surface area contributed by atoms with E-state index in [2.05, 4.69) is 15.6 Å². The molecular formula is C17H18FN5O2. The van der Waals surface area contributed by atoms with Gasteiger partial charge in [0, 0.05) is 31.4 Å². The Morgan fingerprint density at radius 3 is 2.76 bits per heavy atom. The van der Waals surface area contributed by atoms with Gasteiger partial charge in [-0.25, -0.2) is 9.07 Å². The molecule has 0 saturated carbocycles. The SMILES string of the molecule is O=C1CCc2cc(C(=O)N3CCC(n4ccnn4)CC3)c(F)cc2N1. The second kappa shape index (κ2) is 6.27. The minimum Gasteiger partial charge on any atom is -0.338 e. The first-order chi connectivity index (χ1) is 12.1. The molecule has 0 unspecified atom stereocenters. The van der Waals surface area contributed by atoms with Crippen molar-refractivity contribution in [3.05, 3.63) is 41.5 Å². The summed E-state index contributed by atoms with van der Waals surface area (Å²) in [6.45, 7) is 1.10. The van der Waals surface area contributed by atoms with Crippen LogP contribution in [0, 0.1) is 5.82 Å². The molecule has 0 aliphatic carbocycles. The molecule has 25 heavy (non-hydrogen) atoms. The highest BCUT2D eigenvalue weighted by atomic mass is 19.1. The largest absolute Gasteiger partial charge is 0.338 e. The van der Waals surface area contributed by atoms with Gasteiger partial charge in [-0.3, -0.25) is 9.59 Å². The molecule has 2 aromatic rings. The van der Waals surface area contributed by atoms with E-state index in [9.17, 15) is 14.0 Å². The van der Waals surface area contributed by atoms with Gasteiger partial charge in [-0.15, -0.1) is 5.10 Å². The van der Waals surface area contributed by atoms with Crippen LogP contribution in [0.25, 0.3) is 0 Å². The molecule has 1 N–H and O–H groups in total. The molecule has 8 heteroatoms. The van der Waals surface area contributed by atoms with E-state index in [1.807, 2.05) is 10.9 Å². The van der Waals surface area contributed by atoms with Crippen LogP contribution >= 0.6 is 0 Å². The Kier molecular flexibility index (Phi) is 3.95. The summed E-state index contributed by atoms with van der Waals surface area (Å²) < 4.78 is 16.2. The molecule has 1 aromatic carbocycles. The highest BCUT2D eigenvalue weighted by Crippen LogP contribution is 2.28. The van der Waals surface area contributed by atoms with Gasteiger partial charge >= 0.3 is 0 Å². The van der Waals surface area contributed by atoms with E-state index in [0.717, 1.165) is 18.4 Å². The van der Waals surface area contributed by atoms with E-state index in [4.69, 9.17) is 0 Å². The predicted octanol–water partition coefficient (Wildman–Crippen LogP) is 1.78. The van der Waals surface area contributed by atoms with Gasteiger partial charge in [0.25, 0.3) is 5.91 Å². The van der Waals surface area contributed by atoms with E-state index >= 15 is 0 Å². The molecule has 2 amide bonds. The number of piperidine rings is 1. The maximum absolute atomic E-state index is 14.4. The zero-order valence-electron chi connectivity index (χ0n) is 13.6. The highest BCUT2D eigenvalue weighted by molar-refractivity contribution is 5.98. The van der Waals surface area contributed by atoms with Crippen molar-refractivity contribution in [2.45, 2.75) is 31.7 Å². The third-order valence-electron chi connectivity index (χ3n) is 4.89. The zero-order valence-corrected chi connectivity index (χ0v) is 13.6. The topological polar surface area (TPSA) is 80.1 Å². The van der Waals surface area contributed by atoms with Crippen molar-refractivity contribution in [1.82, 2.24) is 19.9 Å². The first-order valence-electron chi connectivity index (χ1n) is 8.39. The van der Waals surface area contributed by atoms with Crippen molar-refractivity contribution < 1.29 is 14.0 Å². The van der Waals surface area contributed by atoms with Crippen molar-refractivity contribution in [1.29, 1.82) is 0 Å². The number of carbonyl (C=O) groups excluding carboxylic acids is 2. The Hall–Kier alpha value is -2.77. The van der Waals surface area contributed by atoms with Crippen molar-refractivity contribution in [2.75, 3.05) is 18.4 Å². The van der Waals surface area contributed by atoms with Gasteiger partial charge in [0.2, 0.25) is 5.91 Å². The number of halogens is 1. The summed E-state index contributed by atoms with van der Waals surface area (Å²) in [7, 11) is 0. The van der Waals surface area contributed by atoms with E-state index in [0.29, 0.717) is 31.6 Å². The summed E-state index contributed by atoms with van der Waals surface area (Å²) in [5, 5.41) is 10.5. The van der Waals surface area contributed by atoms with Gasteiger partial charge in [0.15, 0.2) is 0 Å². The number of amides is 2. The number of rotatable bonds is 2. The van der Waals surface area contributed by atoms with E-state index < -0.39 is 5.82 Å². The molecule has 3 heterocycles. The number of aryl methyl sites for hydroxylation is 1. The quantitative estimate of drug-likeness (QED) is 0.901. The molecule has 7 nitrogen and oxygen atoms in total. The van der Waals surface area contributed by atoms with E-state index in [-0.39, 0.29) is 23.4 Å². The normalized spacial score (nSPS) is 18.0. The van der Waals surface area contributed by atoms with Crippen molar-refractivity contribution in [2.24, 2.45) is 0 Å².